The van der Waals surface area contributed by atoms with E-state index < -0.39 is 0 Å². The summed E-state index contributed by atoms with van der Waals surface area (Å²) in [6.07, 6.45) is 3.00. The number of rotatable bonds is 7. The fourth-order valence-corrected chi connectivity index (χ4v) is 2.78. The molecule has 0 N–H and O–H groups in total. The molecule has 3 rings (SSSR count). The van der Waals surface area contributed by atoms with Crippen LogP contribution < -0.4 is 0 Å². The molecule has 0 saturated heterocycles. The number of aryl methyl sites for hydroxylation is 1. The van der Waals surface area contributed by atoms with E-state index in [4.69, 9.17) is 16.1 Å². The maximum Gasteiger partial charge on any atom is 0.237 e. The van der Waals surface area contributed by atoms with Gasteiger partial charge in [0.1, 0.15) is 0 Å². The van der Waals surface area contributed by atoms with Gasteiger partial charge in [0.25, 0.3) is 0 Å². The van der Waals surface area contributed by atoms with Crippen LogP contribution in [0.15, 0.2) is 33.9 Å². The second-order valence-electron chi connectivity index (χ2n) is 4.85. The highest BCUT2D eigenvalue weighted by atomic mass is 35.5. The molecule has 120 valence electrons. The summed E-state index contributed by atoms with van der Waals surface area (Å²) in [6, 6.07) is 7.31. The minimum atomic E-state index is 0.521. The molecule has 0 unspecified atom stereocenters. The van der Waals surface area contributed by atoms with Crippen LogP contribution in [0.25, 0.3) is 5.69 Å². The van der Waals surface area contributed by atoms with Crippen molar-refractivity contribution in [1.82, 2.24) is 30.3 Å². The van der Waals surface area contributed by atoms with Gasteiger partial charge in [-0.15, -0.1) is 5.10 Å². The van der Waals surface area contributed by atoms with E-state index in [1.807, 2.05) is 12.1 Å². The summed E-state index contributed by atoms with van der Waals surface area (Å²) in [6.45, 7) is 2.13. The first kappa shape index (κ1) is 15.9. The number of tetrazole rings is 1. The number of hydrogen-bond donors (Lipinski definition) is 0. The Balaban J connectivity index is 1.66. The van der Waals surface area contributed by atoms with Gasteiger partial charge in [-0.1, -0.05) is 41.9 Å². The summed E-state index contributed by atoms with van der Waals surface area (Å²) < 4.78 is 6.89. The van der Waals surface area contributed by atoms with Gasteiger partial charge in [0.05, 0.1) is 11.4 Å². The van der Waals surface area contributed by atoms with Gasteiger partial charge in [0, 0.05) is 11.4 Å². The zero-order valence-corrected chi connectivity index (χ0v) is 14.1. The quantitative estimate of drug-likeness (QED) is 0.604. The summed E-state index contributed by atoms with van der Waals surface area (Å²) in [5, 5.41) is 17.0. The van der Waals surface area contributed by atoms with Crippen molar-refractivity contribution in [2.75, 3.05) is 0 Å². The van der Waals surface area contributed by atoms with Crippen molar-refractivity contribution in [3.63, 3.8) is 0 Å². The molecule has 2 aromatic heterocycles. The van der Waals surface area contributed by atoms with Gasteiger partial charge in [-0.25, -0.2) is 0 Å². The first-order valence-corrected chi connectivity index (χ1v) is 8.61. The minimum Gasteiger partial charge on any atom is -0.338 e. The van der Waals surface area contributed by atoms with E-state index >= 15 is 0 Å². The molecular formula is C14H15ClN6OS. The summed E-state index contributed by atoms with van der Waals surface area (Å²) in [5.41, 5.74) is 0.844. The molecule has 0 fully saturated rings. The number of thioether (sulfide) groups is 1. The number of halogens is 1. The fraction of sp³-hybridized carbons (Fsp3) is 0.357. The Hall–Kier alpha value is -1.93. The lowest BCUT2D eigenvalue weighted by molar-refractivity contribution is 0.384. The summed E-state index contributed by atoms with van der Waals surface area (Å²) in [5.74, 6) is 1.85. The Bertz CT molecular complexity index is 757. The first-order valence-electron chi connectivity index (χ1n) is 7.25. The molecule has 2 heterocycles. The van der Waals surface area contributed by atoms with Crippen LogP contribution in [0.2, 0.25) is 5.02 Å². The molecule has 0 amide bonds. The third-order valence-electron chi connectivity index (χ3n) is 3.10. The van der Waals surface area contributed by atoms with Gasteiger partial charge in [0.15, 0.2) is 5.82 Å². The molecule has 1 aromatic carbocycles. The Labute approximate surface area is 142 Å². The predicted octanol–water partition coefficient (Wildman–Crippen LogP) is 3.33. The van der Waals surface area contributed by atoms with Gasteiger partial charge in [-0.3, -0.25) is 0 Å². The number of unbranched alkanes of at least 4 members (excludes halogenated alkanes) is 1. The average molecular weight is 351 g/mol. The molecule has 0 atom stereocenters. The topological polar surface area (TPSA) is 82.5 Å². The van der Waals surface area contributed by atoms with Gasteiger partial charge in [0.2, 0.25) is 11.0 Å². The molecule has 7 nitrogen and oxygen atoms in total. The Morgan fingerprint density at radius 1 is 1.26 bits per heavy atom. The number of aromatic nitrogens is 6. The lowest BCUT2D eigenvalue weighted by Crippen LogP contribution is -1.99. The second-order valence-corrected chi connectivity index (χ2v) is 6.23. The molecule has 0 aliphatic heterocycles. The highest BCUT2D eigenvalue weighted by Gasteiger charge is 2.12. The van der Waals surface area contributed by atoms with Crippen LogP contribution in [0.1, 0.15) is 31.5 Å². The van der Waals surface area contributed by atoms with E-state index in [0.29, 0.717) is 21.8 Å². The van der Waals surface area contributed by atoms with Crippen molar-refractivity contribution >= 4 is 23.4 Å². The number of hydrogen-bond acceptors (Lipinski definition) is 7. The maximum absolute atomic E-state index is 5.90. The molecule has 0 spiro atoms. The van der Waals surface area contributed by atoms with Gasteiger partial charge in [-0.05, 0) is 41.1 Å². The third kappa shape index (κ3) is 4.08. The zero-order chi connectivity index (χ0) is 16.1. The number of nitrogens with zero attached hydrogens (tertiary/aromatic N) is 6. The molecule has 0 aliphatic carbocycles. The van der Waals surface area contributed by atoms with E-state index in [2.05, 4.69) is 32.6 Å². The smallest absolute Gasteiger partial charge is 0.237 e. The summed E-state index contributed by atoms with van der Waals surface area (Å²) in [4.78, 5) is 4.37. The first-order chi connectivity index (χ1) is 11.3. The van der Waals surface area contributed by atoms with Crippen molar-refractivity contribution in [3.8, 4) is 5.69 Å². The Morgan fingerprint density at radius 3 is 2.87 bits per heavy atom. The highest BCUT2D eigenvalue weighted by Crippen LogP contribution is 2.22. The summed E-state index contributed by atoms with van der Waals surface area (Å²) >= 11 is 7.34. The Morgan fingerprint density at radius 2 is 2.09 bits per heavy atom. The summed E-state index contributed by atoms with van der Waals surface area (Å²) in [7, 11) is 0. The van der Waals surface area contributed by atoms with Crippen molar-refractivity contribution < 1.29 is 4.52 Å². The van der Waals surface area contributed by atoms with Crippen LogP contribution in [-0.4, -0.2) is 30.3 Å². The van der Waals surface area contributed by atoms with Crippen LogP contribution in [0, 0.1) is 0 Å². The lowest BCUT2D eigenvalue weighted by atomic mass is 10.2. The van der Waals surface area contributed by atoms with Crippen LogP contribution in [-0.2, 0) is 12.2 Å². The molecule has 0 saturated carbocycles. The lowest BCUT2D eigenvalue weighted by Gasteiger charge is -2.02. The average Bonchev–Trinajstić information content (AvgIpc) is 3.21. The van der Waals surface area contributed by atoms with Crippen molar-refractivity contribution in [2.24, 2.45) is 0 Å². The largest absolute Gasteiger partial charge is 0.338 e. The van der Waals surface area contributed by atoms with Crippen molar-refractivity contribution in [2.45, 2.75) is 37.1 Å². The molecule has 9 heteroatoms. The van der Waals surface area contributed by atoms with Crippen molar-refractivity contribution in [3.05, 3.63) is 41.0 Å². The highest BCUT2D eigenvalue weighted by molar-refractivity contribution is 7.98. The van der Waals surface area contributed by atoms with Gasteiger partial charge >= 0.3 is 0 Å². The molecule has 0 aliphatic rings. The molecule has 0 bridgehead atoms. The molecule has 23 heavy (non-hydrogen) atoms. The van der Waals surface area contributed by atoms with Crippen LogP contribution >= 0.6 is 23.4 Å². The van der Waals surface area contributed by atoms with E-state index in [1.165, 1.54) is 11.8 Å². The van der Waals surface area contributed by atoms with E-state index in [1.54, 1.807) is 16.8 Å². The van der Waals surface area contributed by atoms with Crippen LogP contribution in [0.4, 0.5) is 0 Å². The number of benzene rings is 1. The van der Waals surface area contributed by atoms with E-state index in [-0.39, 0.29) is 0 Å². The van der Waals surface area contributed by atoms with Crippen molar-refractivity contribution in [1.29, 1.82) is 0 Å². The SMILES string of the molecule is CCCCc1noc(CSc2nnnn2-c2ccc(Cl)cc2)n1. The van der Waals surface area contributed by atoms with Crippen LogP contribution in [0.3, 0.4) is 0 Å². The second kappa shape index (κ2) is 7.56. The third-order valence-corrected chi connectivity index (χ3v) is 4.26. The normalized spacial score (nSPS) is 11.0. The van der Waals surface area contributed by atoms with Gasteiger partial charge < -0.3 is 4.52 Å². The fourth-order valence-electron chi connectivity index (χ4n) is 1.92. The predicted molar refractivity (Wildman–Crippen MR) is 86.6 cm³/mol. The van der Waals surface area contributed by atoms with E-state index in [9.17, 15) is 0 Å². The van der Waals surface area contributed by atoms with E-state index in [0.717, 1.165) is 30.8 Å². The molecular weight excluding hydrogens is 336 g/mol. The standard InChI is InChI=1S/C14H15ClN6OS/c1-2-3-4-12-16-13(22-18-12)9-23-14-17-19-20-21(14)11-7-5-10(15)6-8-11/h5-8H,2-4,9H2,1H3. The molecule has 0 radical (unpaired) electrons. The Kier molecular flexibility index (Phi) is 5.24. The molecule has 3 aromatic rings. The van der Waals surface area contributed by atoms with Crippen LogP contribution in [0.5, 0.6) is 0 Å². The van der Waals surface area contributed by atoms with Gasteiger partial charge in [-0.2, -0.15) is 9.67 Å². The zero-order valence-electron chi connectivity index (χ0n) is 12.5. The monoisotopic (exact) mass is 350 g/mol. The minimum absolute atomic E-state index is 0.521. The maximum atomic E-state index is 5.90.